The summed E-state index contributed by atoms with van der Waals surface area (Å²) < 4.78 is 19.9. The molecule has 0 bridgehead atoms. The number of benzene rings is 2. The molecule has 1 saturated heterocycles. The zero-order chi connectivity index (χ0) is 19.3. The van der Waals surface area contributed by atoms with Gasteiger partial charge in [-0.1, -0.05) is 36.4 Å². The van der Waals surface area contributed by atoms with Gasteiger partial charge in [0, 0.05) is 29.6 Å². The van der Waals surface area contributed by atoms with E-state index in [2.05, 4.69) is 15.5 Å². The summed E-state index contributed by atoms with van der Waals surface area (Å²) in [6.07, 6.45) is 0. The van der Waals surface area contributed by atoms with Crippen molar-refractivity contribution >= 4 is 27.9 Å². The molecule has 0 amide bonds. The van der Waals surface area contributed by atoms with Gasteiger partial charge in [0.25, 0.3) is 0 Å². The summed E-state index contributed by atoms with van der Waals surface area (Å²) in [6.45, 7) is 4.52. The highest BCUT2D eigenvalue weighted by atomic mass is 32.1. The number of nitrogens with zero attached hydrogens (tertiary/aromatic N) is 3. The predicted molar refractivity (Wildman–Crippen MR) is 113 cm³/mol. The maximum absolute atomic E-state index is 14.6. The molecule has 0 saturated carbocycles. The van der Waals surface area contributed by atoms with Crippen molar-refractivity contribution < 1.29 is 9.13 Å². The molecule has 2 aromatic carbocycles. The molecule has 1 aliphatic rings. The van der Waals surface area contributed by atoms with Crippen LogP contribution >= 0.6 is 11.3 Å². The summed E-state index contributed by atoms with van der Waals surface area (Å²) in [4.78, 5) is 6.55. The second kappa shape index (κ2) is 8.50. The van der Waals surface area contributed by atoms with Crippen LogP contribution in [0.25, 0.3) is 11.3 Å². The summed E-state index contributed by atoms with van der Waals surface area (Å²) in [5, 5.41) is 7.05. The van der Waals surface area contributed by atoms with Crippen LogP contribution in [0, 0.1) is 5.82 Å². The maximum atomic E-state index is 14.6. The fraction of sp³-hybridized carbons (Fsp3) is 0.238. The zero-order valence-electron chi connectivity index (χ0n) is 15.6. The number of morpholine rings is 1. The Morgan fingerprint density at radius 3 is 2.71 bits per heavy atom. The third-order valence-electron chi connectivity index (χ3n) is 4.61. The maximum Gasteiger partial charge on any atom is 0.203 e. The highest BCUT2D eigenvalue weighted by molar-refractivity contribution is 7.14. The molecule has 3 aromatic rings. The summed E-state index contributed by atoms with van der Waals surface area (Å²) in [7, 11) is 0. The molecule has 0 atom stereocenters. The van der Waals surface area contributed by atoms with Gasteiger partial charge in [-0.2, -0.15) is 5.10 Å². The van der Waals surface area contributed by atoms with Crippen LogP contribution in [-0.2, 0) is 4.74 Å². The van der Waals surface area contributed by atoms with Crippen molar-refractivity contribution in [2.24, 2.45) is 5.10 Å². The van der Waals surface area contributed by atoms with E-state index in [4.69, 9.17) is 4.74 Å². The van der Waals surface area contributed by atoms with Crippen molar-refractivity contribution in [3.63, 3.8) is 0 Å². The molecule has 1 aromatic heterocycles. The number of rotatable bonds is 5. The molecule has 7 heteroatoms. The SMILES string of the molecule is C/C(=N/Nc1nc(-c2ccccc2)cs1)c1ccc(N2CCOCC2)c(F)c1. The van der Waals surface area contributed by atoms with Crippen LogP contribution in [0.4, 0.5) is 15.2 Å². The first kappa shape index (κ1) is 18.6. The largest absolute Gasteiger partial charge is 0.378 e. The minimum Gasteiger partial charge on any atom is -0.378 e. The Morgan fingerprint density at radius 1 is 1.18 bits per heavy atom. The van der Waals surface area contributed by atoms with Crippen molar-refractivity contribution in [1.29, 1.82) is 0 Å². The molecular weight excluding hydrogens is 375 g/mol. The lowest BCUT2D eigenvalue weighted by atomic mass is 10.1. The van der Waals surface area contributed by atoms with Gasteiger partial charge in [0.2, 0.25) is 5.13 Å². The van der Waals surface area contributed by atoms with Crippen LogP contribution in [-0.4, -0.2) is 37.0 Å². The number of hydrogen-bond acceptors (Lipinski definition) is 6. The van der Waals surface area contributed by atoms with Crippen LogP contribution in [0.5, 0.6) is 0 Å². The van der Waals surface area contributed by atoms with Crippen LogP contribution in [0.2, 0.25) is 0 Å². The number of nitrogens with one attached hydrogen (secondary N) is 1. The number of anilines is 2. The van der Waals surface area contributed by atoms with E-state index in [-0.39, 0.29) is 5.82 Å². The van der Waals surface area contributed by atoms with Crippen LogP contribution in [0.3, 0.4) is 0 Å². The molecule has 4 rings (SSSR count). The highest BCUT2D eigenvalue weighted by Crippen LogP contribution is 2.25. The Kier molecular flexibility index (Phi) is 5.64. The Morgan fingerprint density at radius 2 is 1.96 bits per heavy atom. The molecule has 2 heterocycles. The van der Waals surface area contributed by atoms with Crippen molar-refractivity contribution in [1.82, 2.24) is 4.98 Å². The van der Waals surface area contributed by atoms with Crippen LogP contribution in [0.1, 0.15) is 12.5 Å². The summed E-state index contributed by atoms with van der Waals surface area (Å²) in [5.41, 5.74) is 6.99. The molecule has 0 unspecified atom stereocenters. The van der Waals surface area contributed by atoms with Gasteiger partial charge in [-0.25, -0.2) is 9.37 Å². The number of hydrazone groups is 1. The molecule has 1 N–H and O–H groups in total. The Labute approximate surface area is 167 Å². The van der Waals surface area contributed by atoms with Gasteiger partial charge >= 0.3 is 0 Å². The van der Waals surface area contributed by atoms with Crippen molar-refractivity contribution in [3.8, 4) is 11.3 Å². The number of aromatic nitrogens is 1. The van der Waals surface area contributed by atoms with Gasteiger partial charge in [0.1, 0.15) is 5.82 Å². The van der Waals surface area contributed by atoms with E-state index in [1.165, 1.54) is 17.4 Å². The summed E-state index contributed by atoms with van der Waals surface area (Å²) in [6, 6.07) is 15.2. The average Bonchev–Trinajstić information content (AvgIpc) is 3.22. The molecule has 0 spiro atoms. The molecule has 5 nitrogen and oxygen atoms in total. The fourth-order valence-electron chi connectivity index (χ4n) is 3.06. The number of halogens is 1. The first-order chi connectivity index (χ1) is 13.7. The molecule has 0 radical (unpaired) electrons. The molecule has 144 valence electrons. The molecule has 0 aliphatic carbocycles. The lowest BCUT2D eigenvalue weighted by molar-refractivity contribution is 0.122. The monoisotopic (exact) mass is 396 g/mol. The van der Waals surface area contributed by atoms with Gasteiger partial charge in [0.05, 0.1) is 30.3 Å². The molecule has 1 aliphatic heterocycles. The first-order valence-corrected chi connectivity index (χ1v) is 10.0. The van der Waals surface area contributed by atoms with Gasteiger partial charge in [-0.05, 0) is 19.1 Å². The Hall–Kier alpha value is -2.77. The van der Waals surface area contributed by atoms with Gasteiger partial charge in [-0.3, -0.25) is 5.43 Å². The number of hydrogen-bond donors (Lipinski definition) is 1. The summed E-state index contributed by atoms with van der Waals surface area (Å²) >= 11 is 1.48. The average molecular weight is 396 g/mol. The van der Waals surface area contributed by atoms with E-state index < -0.39 is 0 Å². The highest BCUT2D eigenvalue weighted by Gasteiger charge is 2.15. The van der Waals surface area contributed by atoms with E-state index >= 15 is 0 Å². The van der Waals surface area contributed by atoms with Gasteiger partial charge in [-0.15, -0.1) is 11.3 Å². The van der Waals surface area contributed by atoms with E-state index in [0.29, 0.717) is 42.8 Å². The second-order valence-corrected chi connectivity index (χ2v) is 7.34. The molecule has 28 heavy (non-hydrogen) atoms. The number of ether oxygens (including phenoxy) is 1. The summed E-state index contributed by atoms with van der Waals surface area (Å²) in [5.74, 6) is -0.241. The molecule has 1 fully saturated rings. The predicted octanol–water partition coefficient (Wildman–Crippen LogP) is 4.62. The second-order valence-electron chi connectivity index (χ2n) is 6.48. The number of thiazole rings is 1. The van der Waals surface area contributed by atoms with Gasteiger partial charge in [0.15, 0.2) is 0 Å². The van der Waals surface area contributed by atoms with Crippen LogP contribution < -0.4 is 10.3 Å². The third kappa shape index (κ3) is 4.21. The van der Waals surface area contributed by atoms with Crippen molar-refractivity contribution in [2.45, 2.75) is 6.92 Å². The zero-order valence-corrected chi connectivity index (χ0v) is 16.4. The topological polar surface area (TPSA) is 49.8 Å². The minimum atomic E-state index is -0.241. The van der Waals surface area contributed by atoms with E-state index in [1.54, 1.807) is 0 Å². The van der Waals surface area contributed by atoms with Gasteiger partial charge < -0.3 is 9.64 Å². The Bertz CT molecular complexity index is 968. The lowest BCUT2D eigenvalue weighted by Crippen LogP contribution is -2.36. The quantitative estimate of drug-likeness (QED) is 0.505. The molecular formula is C21H21FN4OS. The van der Waals surface area contributed by atoms with Crippen LogP contribution in [0.15, 0.2) is 59.0 Å². The Balaban J connectivity index is 1.45. The van der Waals surface area contributed by atoms with E-state index in [0.717, 1.165) is 16.8 Å². The lowest BCUT2D eigenvalue weighted by Gasteiger charge is -2.29. The van der Waals surface area contributed by atoms with Crippen molar-refractivity contribution in [3.05, 3.63) is 65.3 Å². The third-order valence-corrected chi connectivity index (χ3v) is 5.36. The fourth-order valence-corrected chi connectivity index (χ4v) is 3.72. The van der Waals surface area contributed by atoms with E-state index in [9.17, 15) is 4.39 Å². The first-order valence-electron chi connectivity index (χ1n) is 9.14. The minimum absolute atomic E-state index is 0.241. The standard InChI is InChI=1S/C21H21FN4OS/c1-15(17-7-8-20(18(22)13-17)26-9-11-27-12-10-26)24-25-21-23-19(14-28-21)16-5-3-2-4-6-16/h2-8,13-14H,9-12H2,1H3,(H,23,25)/b24-15-. The smallest absolute Gasteiger partial charge is 0.203 e. The van der Waals surface area contributed by atoms with Crippen molar-refractivity contribution in [2.75, 3.05) is 36.6 Å². The normalized spacial score (nSPS) is 14.9. The van der Waals surface area contributed by atoms with E-state index in [1.807, 2.05) is 59.7 Å².